The van der Waals surface area contributed by atoms with E-state index in [1.807, 2.05) is 4.90 Å². The van der Waals surface area contributed by atoms with Crippen LogP contribution in [0.15, 0.2) is 0 Å². The van der Waals surface area contributed by atoms with Gasteiger partial charge in [-0.2, -0.15) is 0 Å². The Hall–Kier alpha value is -0.690. The predicted octanol–water partition coefficient (Wildman–Crippen LogP) is 1.39. The van der Waals surface area contributed by atoms with Gasteiger partial charge >= 0.3 is 5.97 Å². The average molecular weight is 303 g/mol. The number of rotatable bonds is 13. The summed E-state index contributed by atoms with van der Waals surface area (Å²) in [5.41, 5.74) is 0. The molecule has 124 valence electrons. The third-order valence-corrected chi connectivity index (χ3v) is 3.56. The van der Waals surface area contributed by atoms with E-state index in [4.69, 9.17) is 19.3 Å². The predicted molar refractivity (Wildman–Crippen MR) is 79.6 cm³/mol. The summed E-state index contributed by atoms with van der Waals surface area (Å²) in [6.07, 6.45) is 3.94. The van der Waals surface area contributed by atoms with Gasteiger partial charge in [0, 0.05) is 13.2 Å². The fourth-order valence-corrected chi connectivity index (χ4v) is 2.34. The highest BCUT2D eigenvalue weighted by Gasteiger charge is 2.29. The Labute approximate surface area is 127 Å². The number of hydrogen-bond donors (Lipinski definition) is 1. The van der Waals surface area contributed by atoms with Gasteiger partial charge < -0.3 is 19.3 Å². The van der Waals surface area contributed by atoms with Crippen molar-refractivity contribution < 1.29 is 24.1 Å². The highest BCUT2D eigenvalue weighted by molar-refractivity contribution is 5.73. The van der Waals surface area contributed by atoms with Crippen molar-refractivity contribution in [3.05, 3.63) is 0 Å². The van der Waals surface area contributed by atoms with Gasteiger partial charge in [0.05, 0.1) is 33.0 Å². The third-order valence-electron chi connectivity index (χ3n) is 3.56. The lowest BCUT2D eigenvalue weighted by atomic mass is 10.2. The molecule has 1 unspecified atom stereocenters. The van der Waals surface area contributed by atoms with Crippen LogP contribution in [0.4, 0.5) is 0 Å². The fraction of sp³-hybridized carbons (Fsp3) is 0.933. The largest absolute Gasteiger partial charge is 0.480 e. The van der Waals surface area contributed by atoms with E-state index in [-0.39, 0.29) is 6.04 Å². The van der Waals surface area contributed by atoms with Crippen LogP contribution in [0.25, 0.3) is 0 Å². The van der Waals surface area contributed by atoms with E-state index < -0.39 is 5.97 Å². The van der Waals surface area contributed by atoms with E-state index in [0.717, 1.165) is 38.8 Å². The summed E-state index contributed by atoms with van der Waals surface area (Å²) >= 11 is 0. The molecule has 0 aromatic carbocycles. The molecule has 1 rings (SSSR count). The number of ether oxygens (including phenoxy) is 3. The van der Waals surface area contributed by atoms with E-state index >= 15 is 0 Å². The Morgan fingerprint density at radius 3 is 2.33 bits per heavy atom. The zero-order valence-electron chi connectivity index (χ0n) is 13.1. The molecule has 1 aliphatic rings. The second-order valence-corrected chi connectivity index (χ2v) is 5.22. The number of aliphatic carboxylic acids is 1. The standard InChI is InChI=1S/C15H29NO5/c1-2-3-8-19-10-12-21-13-11-20-9-7-16-6-4-5-14(16)15(17)18/h14H,2-13H2,1H3,(H,17,18). The summed E-state index contributed by atoms with van der Waals surface area (Å²) in [7, 11) is 0. The first kappa shape index (κ1) is 18.4. The smallest absolute Gasteiger partial charge is 0.320 e. The third kappa shape index (κ3) is 8.36. The van der Waals surface area contributed by atoms with Crippen LogP contribution in [0.3, 0.4) is 0 Å². The molecule has 0 aliphatic carbocycles. The average Bonchev–Trinajstić information content (AvgIpc) is 2.93. The first-order valence-corrected chi connectivity index (χ1v) is 7.95. The van der Waals surface area contributed by atoms with Crippen molar-refractivity contribution in [1.29, 1.82) is 0 Å². The van der Waals surface area contributed by atoms with Crippen LogP contribution in [0.2, 0.25) is 0 Å². The maximum atomic E-state index is 11.0. The lowest BCUT2D eigenvalue weighted by Gasteiger charge is -2.20. The van der Waals surface area contributed by atoms with Crippen molar-refractivity contribution in [3.8, 4) is 0 Å². The first-order chi connectivity index (χ1) is 10.3. The number of carboxylic acid groups (broad SMARTS) is 1. The summed E-state index contributed by atoms with van der Waals surface area (Å²) in [5.74, 6) is -0.723. The van der Waals surface area contributed by atoms with Crippen LogP contribution in [0.1, 0.15) is 32.6 Å². The lowest BCUT2D eigenvalue weighted by Crippen LogP contribution is -2.38. The molecule has 21 heavy (non-hydrogen) atoms. The minimum absolute atomic E-state index is 0.329. The molecule has 1 aliphatic heterocycles. The number of unbranched alkanes of at least 4 members (excludes halogenated alkanes) is 1. The Morgan fingerprint density at radius 2 is 1.71 bits per heavy atom. The lowest BCUT2D eigenvalue weighted by molar-refractivity contribution is -0.142. The highest BCUT2D eigenvalue weighted by Crippen LogP contribution is 2.16. The molecule has 0 aromatic rings. The molecular formula is C15H29NO5. The van der Waals surface area contributed by atoms with E-state index in [1.54, 1.807) is 0 Å². The number of nitrogens with zero attached hydrogens (tertiary/aromatic N) is 1. The van der Waals surface area contributed by atoms with Crippen LogP contribution in [-0.4, -0.2) is 74.7 Å². The molecule has 1 atom stereocenters. The molecule has 0 aromatic heterocycles. The maximum Gasteiger partial charge on any atom is 0.320 e. The normalized spacial score (nSPS) is 19.2. The van der Waals surface area contributed by atoms with Gasteiger partial charge in [0.25, 0.3) is 0 Å². The number of likely N-dealkylation sites (tertiary alicyclic amines) is 1. The quantitative estimate of drug-likeness (QED) is 0.519. The van der Waals surface area contributed by atoms with E-state index in [1.165, 1.54) is 0 Å². The molecule has 1 N–H and O–H groups in total. The molecule has 0 radical (unpaired) electrons. The van der Waals surface area contributed by atoms with Gasteiger partial charge in [-0.05, 0) is 25.8 Å². The van der Waals surface area contributed by atoms with Crippen molar-refractivity contribution in [2.75, 3.05) is 52.7 Å². The molecule has 1 heterocycles. The number of carboxylic acids is 1. The fourth-order valence-electron chi connectivity index (χ4n) is 2.34. The van der Waals surface area contributed by atoms with Crippen LogP contribution in [0, 0.1) is 0 Å². The summed E-state index contributed by atoms with van der Waals surface area (Å²) in [5, 5.41) is 9.05. The summed E-state index contributed by atoms with van der Waals surface area (Å²) in [6, 6.07) is -0.329. The second-order valence-electron chi connectivity index (χ2n) is 5.22. The first-order valence-electron chi connectivity index (χ1n) is 7.95. The minimum atomic E-state index is -0.723. The molecule has 0 saturated carbocycles. The van der Waals surface area contributed by atoms with Crippen LogP contribution in [0.5, 0.6) is 0 Å². The zero-order valence-corrected chi connectivity index (χ0v) is 13.1. The van der Waals surface area contributed by atoms with Gasteiger partial charge in [-0.15, -0.1) is 0 Å². The number of hydrogen-bond acceptors (Lipinski definition) is 5. The zero-order chi connectivity index (χ0) is 15.3. The summed E-state index contributed by atoms with van der Waals surface area (Å²) < 4.78 is 16.2. The Balaban J connectivity index is 1.85. The Kier molecular flexibility index (Phi) is 10.4. The molecule has 1 fully saturated rings. The molecule has 0 amide bonds. The summed E-state index contributed by atoms with van der Waals surface area (Å²) in [4.78, 5) is 13.0. The molecule has 6 heteroatoms. The van der Waals surface area contributed by atoms with E-state index in [2.05, 4.69) is 6.92 Å². The van der Waals surface area contributed by atoms with Crippen molar-refractivity contribution in [1.82, 2.24) is 4.90 Å². The second kappa shape index (κ2) is 11.9. The molecular weight excluding hydrogens is 274 g/mol. The van der Waals surface area contributed by atoms with Crippen molar-refractivity contribution >= 4 is 5.97 Å². The van der Waals surface area contributed by atoms with Crippen molar-refractivity contribution in [3.63, 3.8) is 0 Å². The molecule has 1 saturated heterocycles. The van der Waals surface area contributed by atoms with Gasteiger partial charge in [0.2, 0.25) is 0 Å². The Morgan fingerprint density at radius 1 is 1.10 bits per heavy atom. The highest BCUT2D eigenvalue weighted by atomic mass is 16.5. The SMILES string of the molecule is CCCCOCCOCCOCCN1CCCC1C(=O)O. The van der Waals surface area contributed by atoms with Crippen molar-refractivity contribution in [2.24, 2.45) is 0 Å². The molecule has 0 bridgehead atoms. The van der Waals surface area contributed by atoms with Gasteiger partial charge in [-0.1, -0.05) is 13.3 Å². The summed E-state index contributed by atoms with van der Waals surface area (Å²) in [6.45, 7) is 7.35. The van der Waals surface area contributed by atoms with Gasteiger partial charge in [0.15, 0.2) is 0 Å². The van der Waals surface area contributed by atoms with E-state index in [9.17, 15) is 4.79 Å². The van der Waals surface area contributed by atoms with Crippen LogP contribution >= 0.6 is 0 Å². The maximum absolute atomic E-state index is 11.0. The molecule has 0 spiro atoms. The van der Waals surface area contributed by atoms with E-state index in [0.29, 0.717) is 39.6 Å². The van der Waals surface area contributed by atoms with Gasteiger partial charge in [-0.3, -0.25) is 9.69 Å². The Bertz CT molecular complexity index is 275. The van der Waals surface area contributed by atoms with Crippen LogP contribution in [-0.2, 0) is 19.0 Å². The van der Waals surface area contributed by atoms with Crippen molar-refractivity contribution in [2.45, 2.75) is 38.6 Å². The van der Waals surface area contributed by atoms with Crippen LogP contribution < -0.4 is 0 Å². The molecule has 6 nitrogen and oxygen atoms in total. The topological polar surface area (TPSA) is 68.2 Å². The number of carbonyl (C=O) groups is 1. The van der Waals surface area contributed by atoms with Gasteiger partial charge in [0.1, 0.15) is 6.04 Å². The van der Waals surface area contributed by atoms with Gasteiger partial charge in [-0.25, -0.2) is 0 Å². The minimum Gasteiger partial charge on any atom is -0.480 e. The monoisotopic (exact) mass is 303 g/mol.